The molecule has 1 aromatic heterocycles. The number of hydrogen-bond donors (Lipinski definition) is 0. The SMILES string of the molecule is COC(=O)Cn1cc(I)c([N+](=O)[O-])n1. The molecule has 1 aromatic rings. The van der Waals surface area contributed by atoms with E-state index in [1.807, 2.05) is 0 Å². The van der Waals surface area contributed by atoms with Gasteiger partial charge in [0, 0.05) is 0 Å². The van der Waals surface area contributed by atoms with Gasteiger partial charge < -0.3 is 14.9 Å². The number of aromatic nitrogens is 2. The summed E-state index contributed by atoms with van der Waals surface area (Å²) in [6.07, 6.45) is 1.41. The van der Waals surface area contributed by atoms with Gasteiger partial charge in [-0.15, -0.1) is 0 Å². The minimum atomic E-state index is -0.602. The zero-order chi connectivity index (χ0) is 10.7. The molecule has 0 bridgehead atoms. The Hall–Kier alpha value is -1.19. The van der Waals surface area contributed by atoms with E-state index in [0.717, 1.165) is 0 Å². The van der Waals surface area contributed by atoms with Crippen LogP contribution in [0.25, 0.3) is 0 Å². The molecule has 76 valence electrons. The number of nitro groups is 1. The lowest BCUT2D eigenvalue weighted by Gasteiger charge is -1.93. The quantitative estimate of drug-likeness (QED) is 0.352. The third kappa shape index (κ3) is 2.40. The molecule has 1 heterocycles. The third-order valence-corrected chi connectivity index (χ3v) is 2.15. The maximum absolute atomic E-state index is 10.8. The van der Waals surface area contributed by atoms with E-state index in [9.17, 15) is 14.9 Å². The highest BCUT2D eigenvalue weighted by Gasteiger charge is 2.19. The van der Waals surface area contributed by atoms with E-state index in [1.165, 1.54) is 18.0 Å². The van der Waals surface area contributed by atoms with Crippen molar-refractivity contribution >= 4 is 34.4 Å². The summed E-state index contributed by atoms with van der Waals surface area (Å²) in [7, 11) is 1.24. The van der Waals surface area contributed by atoms with Crippen LogP contribution in [0.15, 0.2) is 6.20 Å². The molecule has 0 atom stereocenters. The summed E-state index contributed by atoms with van der Waals surface area (Å²) < 4.78 is 5.95. The fourth-order valence-electron chi connectivity index (χ4n) is 0.788. The molecule has 1 rings (SSSR count). The second-order valence-corrected chi connectivity index (χ2v) is 3.49. The maximum Gasteiger partial charge on any atom is 0.403 e. The average Bonchev–Trinajstić information content (AvgIpc) is 2.46. The van der Waals surface area contributed by atoms with Gasteiger partial charge in [-0.2, -0.15) is 4.68 Å². The molecule has 8 heteroatoms. The Kier molecular flexibility index (Phi) is 3.38. The molecule has 0 saturated heterocycles. The molecule has 0 fully saturated rings. The van der Waals surface area contributed by atoms with Crippen LogP contribution in [0.5, 0.6) is 0 Å². The van der Waals surface area contributed by atoms with Crippen LogP contribution in [-0.2, 0) is 16.1 Å². The molecular formula is C6H6IN3O4. The van der Waals surface area contributed by atoms with Crippen LogP contribution in [-0.4, -0.2) is 27.8 Å². The average molecular weight is 311 g/mol. The van der Waals surface area contributed by atoms with Crippen LogP contribution in [0.2, 0.25) is 0 Å². The second kappa shape index (κ2) is 4.35. The Labute approximate surface area is 92.3 Å². The molecule has 0 N–H and O–H groups in total. The molecule has 0 aromatic carbocycles. The highest BCUT2D eigenvalue weighted by atomic mass is 127. The van der Waals surface area contributed by atoms with Crippen molar-refractivity contribution in [1.82, 2.24) is 9.78 Å². The smallest absolute Gasteiger partial charge is 0.403 e. The van der Waals surface area contributed by atoms with Crippen LogP contribution in [0.3, 0.4) is 0 Å². The standard InChI is InChI=1S/C6H6IN3O4/c1-14-5(11)3-9-2-4(7)6(8-9)10(12)13/h2H,3H2,1H3. The fraction of sp³-hybridized carbons (Fsp3) is 0.333. The summed E-state index contributed by atoms with van der Waals surface area (Å²) >= 11 is 1.78. The maximum atomic E-state index is 10.8. The Morgan fingerprint density at radius 1 is 1.86 bits per heavy atom. The van der Waals surface area contributed by atoms with Crippen LogP contribution >= 0.6 is 22.6 Å². The Bertz CT molecular complexity index is 375. The molecular weight excluding hydrogens is 305 g/mol. The van der Waals surface area contributed by atoms with Crippen molar-refractivity contribution in [3.63, 3.8) is 0 Å². The van der Waals surface area contributed by atoms with Crippen LogP contribution in [0, 0.1) is 13.7 Å². The van der Waals surface area contributed by atoms with Crippen molar-refractivity contribution in [2.45, 2.75) is 6.54 Å². The van der Waals surface area contributed by atoms with E-state index in [0.29, 0.717) is 3.57 Å². The predicted molar refractivity (Wildman–Crippen MR) is 53.6 cm³/mol. The molecule has 0 unspecified atom stereocenters. The number of halogens is 1. The van der Waals surface area contributed by atoms with Crippen molar-refractivity contribution < 1.29 is 14.5 Å². The molecule has 0 saturated carbocycles. The first kappa shape index (κ1) is 10.9. The van der Waals surface area contributed by atoms with E-state index in [4.69, 9.17) is 0 Å². The number of carbonyl (C=O) groups excluding carboxylic acids is 1. The molecule has 0 aliphatic carbocycles. The number of methoxy groups -OCH3 is 1. The van der Waals surface area contributed by atoms with E-state index in [1.54, 1.807) is 22.6 Å². The molecule has 0 spiro atoms. The first-order valence-electron chi connectivity index (χ1n) is 3.48. The van der Waals surface area contributed by atoms with Gasteiger partial charge in [0.1, 0.15) is 3.57 Å². The molecule has 0 aliphatic heterocycles. The normalized spacial score (nSPS) is 9.86. The van der Waals surface area contributed by atoms with E-state index in [-0.39, 0.29) is 12.4 Å². The first-order chi connectivity index (χ1) is 6.54. The highest BCUT2D eigenvalue weighted by molar-refractivity contribution is 14.1. The van der Waals surface area contributed by atoms with Crippen molar-refractivity contribution in [3.05, 3.63) is 19.9 Å². The third-order valence-electron chi connectivity index (χ3n) is 1.39. The zero-order valence-corrected chi connectivity index (χ0v) is 9.29. The van der Waals surface area contributed by atoms with Crippen molar-refractivity contribution in [2.24, 2.45) is 0 Å². The minimum absolute atomic E-state index is 0.125. The van der Waals surface area contributed by atoms with E-state index < -0.39 is 10.9 Å². The van der Waals surface area contributed by atoms with Crippen LogP contribution < -0.4 is 0 Å². The van der Waals surface area contributed by atoms with Crippen LogP contribution in [0.1, 0.15) is 0 Å². The lowest BCUT2D eigenvalue weighted by molar-refractivity contribution is -0.390. The lowest BCUT2D eigenvalue weighted by Crippen LogP contribution is -2.11. The number of esters is 1. The topological polar surface area (TPSA) is 87.3 Å². The number of ether oxygens (including phenoxy) is 1. The van der Waals surface area contributed by atoms with Gasteiger partial charge in [-0.25, -0.2) is 4.79 Å². The van der Waals surface area contributed by atoms with Gasteiger partial charge in [0.15, 0.2) is 6.54 Å². The number of rotatable bonds is 3. The Morgan fingerprint density at radius 3 is 2.93 bits per heavy atom. The van der Waals surface area contributed by atoms with Crippen molar-refractivity contribution in [2.75, 3.05) is 7.11 Å². The Morgan fingerprint density at radius 2 is 2.50 bits per heavy atom. The Balaban J connectivity index is 2.86. The lowest BCUT2D eigenvalue weighted by atomic mass is 10.6. The van der Waals surface area contributed by atoms with Gasteiger partial charge in [-0.3, -0.25) is 0 Å². The monoisotopic (exact) mass is 311 g/mol. The van der Waals surface area contributed by atoms with Crippen molar-refractivity contribution in [3.8, 4) is 0 Å². The summed E-state index contributed by atoms with van der Waals surface area (Å²) in [5.41, 5.74) is 0. The first-order valence-corrected chi connectivity index (χ1v) is 4.56. The second-order valence-electron chi connectivity index (χ2n) is 2.33. The zero-order valence-electron chi connectivity index (χ0n) is 7.14. The van der Waals surface area contributed by atoms with Crippen molar-refractivity contribution in [1.29, 1.82) is 0 Å². The summed E-state index contributed by atoms with van der Waals surface area (Å²) in [6, 6.07) is 0. The molecule has 0 aliphatic rings. The van der Waals surface area contributed by atoms with Gasteiger partial charge in [-0.05, 0) is 27.5 Å². The molecule has 7 nitrogen and oxygen atoms in total. The predicted octanol–water partition coefficient (Wildman–Crippen LogP) is 0.569. The van der Waals surface area contributed by atoms with Gasteiger partial charge in [0.2, 0.25) is 0 Å². The van der Waals surface area contributed by atoms with Gasteiger partial charge in [0.25, 0.3) is 0 Å². The van der Waals surface area contributed by atoms with E-state index >= 15 is 0 Å². The highest BCUT2D eigenvalue weighted by Crippen LogP contribution is 2.17. The summed E-state index contributed by atoms with van der Waals surface area (Å²) in [6.45, 7) is -0.125. The van der Waals surface area contributed by atoms with Gasteiger partial charge >= 0.3 is 11.8 Å². The fourth-order valence-corrected chi connectivity index (χ4v) is 1.41. The van der Waals surface area contributed by atoms with E-state index in [2.05, 4.69) is 9.84 Å². The largest absolute Gasteiger partial charge is 0.468 e. The number of hydrogen-bond acceptors (Lipinski definition) is 5. The van der Waals surface area contributed by atoms with Gasteiger partial charge in [-0.1, -0.05) is 0 Å². The van der Waals surface area contributed by atoms with Crippen LogP contribution in [0.4, 0.5) is 5.82 Å². The molecule has 0 radical (unpaired) electrons. The number of nitrogens with zero attached hydrogens (tertiary/aromatic N) is 3. The molecule has 14 heavy (non-hydrogen) atoms. The number of carbonyl (C=O) groups is 1. The summed E-state index contributed by atoms with van der Waals surface area (Å²) in [5.74, 6) is -0.756. The summed E-state index contributed by atoms with van der Waals surface area (Å²) in [5, 5.41) is 14.0. The summed E-state index contributed by atoms with van der Waals surface area (Å²) in [4.78, 5) is 20.6. The molecule has 0 amide bonds. The minimum Gasteiger partial charge on any atom is -0.468 e. The van der Waals surface area contributed by atoms with Gasteiger partial charge in [0.05, 0.1) is 18.4 Å².